The lowest BCUT2D eigenvalue weighted by Crippen LogP contribution is -2.28. The van der Waals surface area contributed by atoms with Crippen LogP contribution in [-0.4, -0.2) is 11.5 Å². The molecule has 1 N–H and O–H groups in total. The first-order valence-corrected chi connectivity index (χ1v) is 7.65. The third-order valence-corrected chi connectivity index (χ3v) is 4.54. The Hall–Kier alpha value is -0.890. The fraction of sp³-hybridized carbons (Fsp3) is 0.706. The van der Waals surface area contributed by atoms with E-state index in [0.29, 0.717) is 11.5 Å². The van der Waals surface area contributed by atoms with Crippen LogP contribution in [0.3, 0.4) is 0 Å². The van der Waals surface area contributed by atoms with Gasteiger partial charge in [-0.2, -0.15) is 0 Å². The molecule has 2 heteroatoms. The second kappa shape index (κ2) is 5.62. The molecule has 0 spiro atoms. The fourth-order valence-electron chi connectivity index (χ4n) is 3.38. The van der Waals surface area contributed by atoms with Gasteiger partial charge in [0.1, 0.15) is 0 Å². The smallest absolute Gasteiger partial charge is 0.0426 e. The molecule has 2 rings (SSSR count). The molecule has 1 aromatic heterocycles. The second-order valence-corrected chi connectivity index (χ2v) is 6.43. The standard InChI is InChI=1S/C17H28N2/c1-6-7-17(8-9-17)11-18-14(4)16-12(2)10-13(3)19-15(16)5/h10,14,18H,6-9,11H2,1-5H3. The molecular formula is C17H28N2. The monoisotopic (exact) mass is 260 g/mol. The first kappa shape index (κ1) is 14.5. The summed E-state index contributed by atoms with van der Waals surface area (Å²) in [6.45, 7) is 12.1. The van der Waals surface area contributed by atoms with Crippen molar-refractivity contribution in [2.24, 2.45) is 5.41 Å². The minimum absolute atomic E-state index is 0.405. The summed E-state index contributed by atoms with van der Waals surface area (Å²) in [5.74, 6) is 0. The first-order valence-electron chi connectivity index (χ1n) is 7.65. The third kappa shape index (κ3) is 3.36. The molecule has 1 saturated carbocycles. The van der Waals surface area contributed by atoms with E-state index in [0.717, 1.165) is 12.2 Å². The Morgan fingerprint density at radius 1 is 1.32 bits per heavy atom. The van der Waals surface area contributed by atoms with Gasteiger partial charge in [-0.25, -0.2) is 0 Å². The molecule has 1 aliphatic rings. The summed E-state index contributed by atoms with van der Waals surface area (Å²) >= 11 is 0. The predicted octanol–water partition coefficient (Wildman–Crippen LogP) is 4.24. The van der Waals surface area contributed by atoms with E-state index in [9.17, 15) is 0 Å². The van der Waals surface area contributed by atoms with Crippen LogP contribution in [0.1, 0.15) is 68.1 Å². The Balaban J connectivity index is 2.02. The summed E-state index contributed by atoms with van der Waals surface area (Å²) in [4.78, 5) is 4.61. The molecule has 1 unspecified atom stereocenters. The number of hydrogen-bond acceptors (Lipinski definition) is 2. The number of hydrogen-bond donors (Lipinski definition) is 1. The van der Waals surface area contributed by atoms with Crippen molar-refractivity contribution >= 4 is 0 Å². The molecule has 0 aromatic carbocycles. The van der Waals surface area contributed by atoms with Crippen molar-refractivity contribution < 1.29 is 0 Å². The van der Waals surface area contributed by atoms with Gasteiger partial charge in [0.05, 0.1) is 0 Å². The third-order valence-electron chi connectivity index (χ3n) is 4.54. The van der Waals surface area contributed by atoms with Crippen molar-refractivity contribution in [3.8, 4) is 0 Å². The highest BCUT2D eigenvalue weighted by molar-refractivity contribution is 5.33. The Labute approximate surface area is 118 Å². The van der Waals surface area contributed by atoms with Crippen LogP contribution in [0.4, 0.5) is 0 Å². The molecule has 1 aromatic rings. The lowest BCUT2D eigenvalue weighted by atomic mass is 9.97. The van der Waals surface area contributed by atoms with Gasteiger partial charge in [0.15, 0.2) is 0 Å². The van der Waals surface area contributed by atoms with Gasteiger partial charge in [0, 0.05) is 24.0 Å². The Morgan fingerprint density at radius 2 is 2.00 bits per heavy atom. The average Bonchev–Trinajstić information content (AvgIpc) is 3.06. The average molecular weight is 260 g/mol. The van der Waals surface area contributed by atoms with Gasteiger partial charge in [-0.15, -0.1) is 0 Å². The molecule has 19 heavy (non-hydrogen) atoms. The number of nitrogens with one attached hydrogen (secondary N) is 1. The Kier molecular flexibility index (Phi) is 4.29. The number of nitrogens with zero attached hydrogens (tertiary/aromatic N) is 1. The van der Waals surface area contributed by atoms with Crippen molar-refractivity contribution in [2.75, 3.05) is 6.54 Å². The van der Waals surface area contributed by atoms with Gasteiger partial charge >= 0.3 is 0 Å². The molecule has 1 atom stereocenters. The first-order chi connectivity index (χ1) is 8.97. The minimum atomic E-state index is 0.405. The van der Waals surface area contributed by atoms with Crippen molar-refractivity contribution in [3.63, 3.8) is 0 Å². The number of rotatable bonds is 6. The number of aryl methyl sites for hydroxylation is 3. The summed E-state index contributed by atoms with van der Waals surface area (Å²) in [5.41, 5.74) is 5.67. The van der Waals surface area contributed by atoms with E-state index in [1.807, 2.05) is 0 Å². The summed E-state index contributed by atoms with van der Waals surface area (Å²) in [6.07, 6.45) is 5.49. The van der Waals surface area contributed by atoms with Crippen LogP contribution >= 0.6 is 0 Å². The quantitative estimate of drug-likeness (QED) is 0.827. The van der Waals surface area contributed by atoms with Crippen molar-refractivity contribution in [1.29, 1.82) is 0 Å². The Morgan fingerprint density at radius 3 is 2.53 bits per heavy atom. The van der Waals surface area contributed by atoms with E-state index in [1.165, 1.54) is 42.5 Å². The highest BCUT2D eigenvalue weighted by Crippen LogP contribution is 2.49. The summed E-state index contributed by atoms with van der Waals surface area (Å²) in [5, 5.41) is 3.75. The fourth-order valence-corrected chi connectivity index (χ4v) is 3.38. The molecule has 2 nitrogen and oxygen atoms in total. The Bertz CT molecular complexity index is 424. The van der Waals surface area contributed by atoms with Crippen molar-refractivity contribution in [3.05, 3.63) is 28.6 Å². The summed E-state index contributed by atoms with van der Waals surface area (Å²) in [7, 11) is 0. The predicted molar refractivity (Wildman–Crippen MR) is 81.4 cm³/mol. The number of pyridine rings is 1. The van der Waals surface area contributed by atoms with E-state index >= 15 is 0 Å². The molecule has 0 bridgehead atoms. The van der Waals surface area contributed by atoms with Crippen LogP contribution in [0, 0.1) is 26.2 Å². The molecule has 0 amide bonds. The number of aromatic nitrogens is 1. The molecule has 1 heterocycles. The zero-order valence-corrected chi connectivity index (χ0v) is 13.1. The van der Waals surface area contributed by atoms with Crippen LogP contribution in [0.2, 0.25) is 0 Å². The molecule has 1 aliphatic carbocycles. The van der Waals surface area contributed by atoms with E-state index in [1.54, 1.807) is 0 Å². The lowest BCUT2D eigenvalue weighted by molar-refractivity contribution is 0.396. The van der Waals surface area contributed by atoms with Gasteiger partial charge in [-0.05, 0) is 69.6 Å². The minimum Gasteiger partial charge on any atom is -0.310 e. The van der Waals surface area contributed by atoms with E-state index in [-0.39, 0.29) is 0 Å². The van der Waals surface area contributed by atoms with E-state index in [4.69, 9.17) is 0 Å². The van der Waals surface area contributed by atoms with E-state index in [2.05, 4.69) is 51.0 Å². The van der Waals surface area contributed by atoms with Gasteiger partial charge in [0.2, 0.25) is 0 Å². The molecular weight excluding hydrogens is 232 g/mol. The zero-order valence-electron chi connectivity index (χ0n) is 13.1. The lowest BCUT2D eigenvalue weighted by Gasteiger charge is -2.22. The maximum atomic E-state index is 4.61. The van der Waals surface area contributed by atoms with Gasteiger partial charge in [-0.3, -0.25) is 4.98 Å². The van der Waals surface area contributed by atoms with Gasteiger partial charge in [0.25, 0.3) is 0 Å². The molecule has 0 aliphatic heterocycles. The van der Waals surface area contributed by atoms with Crippen molar-refractivity contribution in [1.82, 2.24) is 10.3 Å². The molecule has 1 fully saturated rings. The highest BCUT2D eigenvalue weighted by atomic mass is 14.9. The van der Waals surface area contributed by atoms with Crippen LogP contribution < -0.4 is 5.32 Å². The van der Waals surface area contributed by atoms with Crippen molar-refractivity contribution in [2.45, 2.75) is 66.3 Å². The maximum Gasteiger partial charge on any atom is 0.0426 e. The van der Waals surface area contributed by atoms with Gasteiger partial charge < -0.3 is 5.32 Å². The SMILES string of the molecule is CCCC1(CNC(C)c2c(C)cc(C)nc2C)CC1. The van der Waals surface area contributed by atoms with Gasteiger partial charge in [-0.1, -0.05) is 13.3 Å². The second-order valence-electron chi connectivity index (χ2n) is 6.43. The van der Waals surface area contributed by atoms with Crippen LogP contribution in [0.5, 0.6) is 0 Å². The highest BCUT2D eigenvalue weighted by Gasteiger charge is 2.41. The van der Waals surface area contributed by atoms with Crippen LogP contribution in [-0.2, 0) is 0 Å². The zero-order chi connectivity index (χ0) is 14.0. The molecule has 106 valence electrons. The summed E-state index contributed by atoms with van der Waals surface area (Å²) in [6, 6.07) is 2.60. The molecule has 0 radical (unpaired) electrons. The van der Waals surface area contributed by atoms with Crippen LogP contribution in [0.15, 0.2) is 6.07 Å². The largest absolute Gasteiger partial charge is 0.310 e. The molecule has 0 saturated heterocycles. The maximum absolute atomic E-state index is 4.61. The topological polar surface area (TPSA) is 24.9 Å². The van der Waals surface area contributed by atoms with Crippen LogP contribution in [0.25, 0.3) is 0 Å². The normalized spacial score (nSPS) is 18.4. The van der Waals surface area contributed by atoms with E-state index < -0.39 is 0 Å². The summed E-state index contributed by atoms with van der Waals surface area (Å²) < 4.78 is 0.